The van der Waals surface area contributed by atoms with Crippen molar-refractivity contribution in [1.29, 1.82) is 0 Å². The molecule has 0 saturated carbocycles. The lowest BCUT2D eigenvalue weighted by Crippen LogP contribution is -2.58. The number of hydrogen-bond donors (Lipinski definition) is 2. The number of hydrogen-bond acceptors (Lipinski definition) is 7. The van der Waals surface area contributed by atoms with Gasteiger partial charge in [0, 0.05) is 25.1 Å². The van der Waals surface area contributed by atoms with Crippen molar-refractivity contribution in [1.82, 2.24) is 5.32 Å². The highest BCUT2D eigenvalue weighted by Gasteiger charge is 2.49. The van der Waals surface area contributed by atoms with Crippen LogP contribution in [0.15, 0.2) is 30.3 Å². The summed E-state index contributed by atoms with van der Waals surface area (Å²) >= 11 is 0. The third kappa shape index (κ3) is 4.62. The van der Waals surface area contributed by atoms with Gasteiger partial charge in [-0.25, -0.2) is 0 Å². The zero-order valence-corrected chi connectivity index (χ0v) is 19.5. The molecule has 1 aliphatic rings. The molecule has 0 bridgehead atoms. The van der Waals surface area contributed by atoms with Crippen LogP contribution < -0.4 is 29.2 Å². The normalized spacial score (nSPS) is 17.2. The standard InChI is InChI=1S/C24H30N2O7/c1-6-7-21(28)25-13-16-22(14-8-9-18(30-2)17(27)10-14)26(24(16)29)15-11-19(31-3)23(33-5)20(12-15)32-4/h8-12,16,22,27H,6-7,13H2,1-5H3,(H,25,28)/t16-,22-/m0/s1. The third-order valence-electron chi connectivity index (χ3n) is 5.68. The number of nitrogens with one attached hydrogen (secondary N) is 1. The highest BCUT2D eigenvalue weighted by molar-refractivity contribution is 6.04. The van der Waals surface area contributed by atoms with Gasteiger partial charge in [0.2, 0.25) is 17.6 Å². The van der Waals surface area contributed by atoms with Crippen molar-refractivity contribution < 1.29 is 33.6 Å². The fraction of sp³-hybridized carbons (Fsp3) is 0.417. The van der Waals surface area contributed by atoms with E-state index in [4.69, 9.17) is 18.9 Å². The van der Waals surface area contributed by atoms with Gasteiger partial charge in [-0.2, -0.15) is 0 Å². The Hall–Kier alpha value is -3.62. The van der Waals surface area contributed by atoms with Crippen LogP contribution in [0.25, 0.3) is 0 Å². The van der Waals surface area contributed by atoms with Crippen molar-refractivity contribution in [2.45, 2.75) is 25.8 Å². The predicted molar refractivity (Wildman–Crippen MR) is 122 cm³/mol. The number of anilines is 1. The second-order valence-corrected chi connectivity index (χ2v) is 7.63. The Morgan fingerprint density at radius 2 is 1.64 bits per heavy atom. The van der Waals surface area contributed by atoms with Crippen molar-refractivity contribution in [3.63, 3.8) is 0 Å². The van der Waals surface area contributed by atoms with E-state index in [9.17, 15) is 14.7 Å². The van der Waals surface area contributed by atoms with Gasteiger partial charge < -0.3 is 34.3 Å². The number of carbonyl (C=O) groups excluding carboxylic acids is 2. The van der Waals surface area contributed by atoms with Crippen molar-refractivity contribution in [2.75, 3.05) is 39.9 Å². The summed E-state index contributed by atoms with van der Waals surface area (Å²) in [7, 11) is 5.98. The quantitative estimate of drug-likeness (QED) is 0.527. The second kappa shape index (κ2) is 10.3. The van der Waals surface area contributed by atoms with Crippen LogP contribution in [0.5, 0.6) is 28.7 Å². The minimum atomic E-state index is -0.502. The maximum Gasteiger partial charge on any atom is 0.234 e. The number of amides is 2. The van der Waals surface area contributed by atoms with Crippen molar-refractivity contribution in [2.24, 2.45) is 5.92 Å². The number of carbonyl (C=O) groups is 2. The lowest BCUT2D eigenvalue weighted by atomic mass is 9.81. The highest BCUT2D eigenvalue weighted by Crippen LogP contribution is 2.49. The van der Waals surface area contributed by atoms with Crippen LogP contribution in [-0.4, -0.2) is 51.9 Å². The molecule has 0 radical (unpaired) electrons. The predicted octanol–water partition coefficient (Wildman–Crippen LogP) is 3.05. The molecule has 0 unspecified atom stereocenters. The van der Waals surface area contributed by atoms with Gasteiger partial charge in [0.05, 0.1) is 46.1 Å². The molecule has 1 aliphatic heterocycles. The highest BCUT2D eigenvalue weighted by atomic mass is 16.5. The van der Waals surface area contributed by atoms with Gasteiger partial charge in [0.25, 0.3) is 0 Å². The molecule has 2 amide bonds. The van der Waals surface area contributed by atoms with E-state index in [2.05, 4.69) is 5.32 Å². The minimum absolute atomic E-state index is 0.0343. The van der Waals surface area contributed by atoms with Crippen LogP contribution in [0.1, 0.15) is 31.4 Å². The van der Waals surface area contributed by atoms with Gasteiger partial charge in [-0.3, -0.25) is 9.59 Å². The molecule has 33 heavy (non-hydrogen) atoms. The number of nitrogens with zero attached hydrogens (tertiary/aromatic N) is 1. The van der Waals surface area contributed by atoms with E-state index in [0.29, 0.717) is 40.7 Å². The molecule has 1 fully saturated rings. The first-order chi connectivity index (χ1) is 15.9. The summed E-state index contributed by atoms with van der Waals surface area (Å²) in [4.78, 5) is 26.9. The van der Waals surface area contributed by atoms with Gasteiger partial charge in [-0.15, -0.1) is 0 Å². The number of phenols is 1. The number of rotatable bonds is 10. The largest absolute Gasteiger partial charge is 0.504 e. The van der Waals surface area contributed by atoms with E-state index in [1.165, 1.54) is 28.4 Å². The number of ether oxygens (including phenoxy) is 4. The van der Waals surface area contributed by atoms with Gasteiger partial charge >= 0.3 is 0 Å². The van der Waals surface area contributed by atoms with E-state index < -0.39 is 12.0 Å². The zero-order valence-electron chi connectivity index (χ0n) is 19.5. The molecule has 1 heterocycles. The summed E-state index contributed by atoms with van der Waals surface area (Å²) in [5.74, 6) is 0.765. The Morgan fingerprint density at radius 1 is 1.00 bits per heavy atom. The maximum atomic E-state index is 13.3. The first-order valence-corrected chi connectivity index (χ1v) is 10.7. The monoisotopic (exact) mass is 458 g/mol. The number of β-lactam (4-membered cyclic amide) rings is 1. The molecular formula is C24H30N2O7. The van der Waals surface area contributed by atoms with E-state index in [1.54, 1.807) is 35.2 Å². The first kappa shape index (κ1) is 24.0. The molecule has 2 atom stereocenters. The second-order valence-electron chi connectivity index (χ2n) is 7.63. The Kier molecular flexibility index (Phi) is 7.52. The van der Waals surface area contributed by atoms with E-state index in [-0.39, 0.29) is 24.1 Å². The average Bonchev–Trinajstić information content (AvgIpc) is 2.81. The summed E-state index contributed by atoms with van der Waals surface area (Å²) in [6, 6.07) is 7.97. The Balaban J connectivity index is 2.02. The first-order valence-electron chi connectivity index (χ1n) is 10.7. The van der Waals surface area contributed by atoms with Crippen molar-refractivity contribution in [3.8, 4) is 28.7 Å². The molecule has 1 saturated heterocycles. The summed E-state index contributed by atoms with van der Waals surface area (Å²) in [6.45, 7) is 2.11. The van der Waals surface area contributed by atoms with Crippen molar-refractivity contribution >= 4 is 17.5 Å². The van der Waals surface area contributed by atoms with E-state index in [1.807, 2.05) is 6.92 Å². The molecule has 9 heteroatoms. The molecule has 9 nitrogen and oxygen atoms in total. The van der Waals surface area contributed by atoms with Gasteiger partial charge in [-0.05, 0) is 24.1 Å². The molecule has 2 aromatic carbocycles. The van der Waals surface area contributed by atoms with Crippen LogP contribution >= 0.6 is 0 Å². The van der Waals surface area contributed by atoms with Crippen LogP contribution in [0.3, 0.4) is 0 Å². The molecule has 0 aromatic heterocycles. The minimum Gasteiger partial charge on any atom is -0.504 e. The number of methoxy groups -OCH3 is 4. The van der Waals surface area contributed by atoms with Crippen LogP contribution in [0.2, 0.25) is 0 Å². The number of aromatic hydroxyl groups is 1. The topological polar surface area (TPSA) is 107 Å². The summed E-state index contributed by atoms with van der Waals surface area (Å²) in [6.07, 6.45) is 1.11. The fourth-order valence-electron chi connectivity index (χ4n) is 4.05. The molecule has 3 rings (SSSR count). The van der Waals surface area contributed by atoms with Crippen LogP contribution in [0.4, 0.5) is 5.69 Å². The number of benzene rings is 2. The Bertz CT molecular complexity index is 999. The van der Waals surface area contributed by atoms with Gasteiger partial charge in [0.15, 0.2) is 23.0 Å². The van der Waals surface area contributed by atoms with E-state index in [0.717, 1.165) is 6.42 Å². The fourth-order valence-corrected chi connectivity index (χ4v) is 4.05. The zero-order chi connectivity index (χ0) is 24.1. The Labute approximate surface area is 193 Å². The Morgan fingerprint density at radius 3 is 2.15 bits per heavy atom. The summed E-state index contributed by atoms with van der Waals surface area (Å²) < 4.78 is 21.4. The number of phenolic OH excluding ortho intramolecular Hbond substituents is 1. The van der Waals surface area contributed by atoms with Crippen LogP contribution in [-0.2, 0) is 9.59 Å². The molecule has 2 N–H and O–H groups in total. The van der Waals surface area contributed by atoms with Gasteiger partial charge in [-0.1, -0.05) is 13.0 Å². The third-order valence-corrected chi connectivity index (χ3v) is 5.68. The lowest BCUT2D eigenvalue weighted by Gasteiger charge is -2.47. The SMILES string of the molecule is CCCC(=O)NC[C@@H]1C(=O)N(c2cc(OC)c(OC)c(OC)c2)[C@H]1c1ccc(OC)c(O)c1. The summed E-state index contributed by atoms with van der Waals surface area (Å²) in [5.41, 5.74) is 1.25. The molecule has 0 aliphatic carbocycles. The molecule has 0 spiro atoms. The summed E-state index contributed by atoms with van der Waals surface area (Å²) in [5, 5.41) is 13.2. The maximum absolute atomic E-state index is 13.3. The molecular weight excluding hydrogens is 428 g/mol. The lowest BCUT2D eigenvalue weighted by molar-refractivity contribution is -0.130. The van der Waals surface area contributed by atoms with Crippen LogP contribution in [0, 0.1) is 5.92 Å². The smallest absolute Gasteiger partial charge is 0.234 e. The molecule has 2 aromatic rings. The molecule has 178 valence electrons. The van der Waals surface area contributed by atoms with Gasteiger partial charge in [0.1, 0.15) is 0 Å². The average molecular weight is 459 g/mol. The van der Waals surface area contributed by atoms with E-state index >= 15 is 0 Å². The van der Waals surface area contributed by atoms with Crippen molar-refractivity contribution in [3.05, 3.63) is 35.9 Å².